The van der Waals surface area contributed by atoms with Gasteiger partial charge in [0, 0.05) is 11.3 Å². The smallest absolute Gasteiger partial charge is 0.255 e. The van der Waals surface area contributed by atoms with Crippen molar-refractivity contribution >= 4 is 17.7 Å². The van der Waals surface area contributed by atoms with Crippen LogP contribution in [0.15, 0.2) is 48.0 Å². The van der Waals surface area contributed by atoms with Gasteiger partial charge in [-0.25, -0.2) is 0 Å². The van der Waals surface area contributed by atoms with E-state index in [1.165, 1.54) is 5.56 Å². The maximum absolute atomic E-state index is 12.4. The predicted molar refractivity (Wildman–Crippen MR) is 100 cm³/mol. The van der Waals surface area contributed by atoms with E-state index in [4.69, 9.17) is 4.74 Å². The first-order chi connectivity index (χ1) is 11.7. The molecule has 3 nitrogen and oxygen atoms in total. The van der Waals surface area contributed by atoms with Crippen LogP contribution in [0.2, 0.25) is 0 Å². The number of fused-ring (bicyclic) bond motifs is 1. The van der Waals surface area contributed by atoms with E-state index in [9.17, 15) is 4.79 Å². The summed E-state index contributed by atoms with van der Waals surface area (Å²) in [6, 6.07) is 13.9. The summed E-state index contributed by atoms with van der Waals surface area (Å²) in [4.78, 5) is 12.4. The van der Waals surface area contributed by atoms with E-state index in [-0.39, 0.29) is 5.91 Å². The summed E-state index contributed by atoms with van der Waals surface area (Å²) in [6.07, 6.45) is 2.89. The third-order valence-electron chi connectivity index (χ3n) is 3.79. The molecule has 2 aromatic rings. The molecule has 3 heteroatoms. The topological polar surface area (TPSA) is 38.3 Å². The highest BCUT2D eigenvalue weighted by Crippen LogP contribution is 2.27. The number of ether oxygens (including phenoxy) is 1. The van der Waals surface area contributed by atoms with Crippen LogP contribution < -0.4 is 10.1 Å². The summed E-state index contributed by atoms with van der Waals surface area (Å²) in [5.74, 6) is 0.714. The number of aryl methyl sites for hydroxylation is 2. The van der Waals surface area contributed by atoms with Crippen molar-refractivity contribution in [3.05, 3.63) is 64.7 Å². The molecule has 0 saturated heterocycles. The van der Waals surface area contributed by atoms with Crippen molar-refractivity contribution < 1.29 is 9.53 Å². The number of anilines is 1. The lowest BCUT2D eigenvalue weighted by molar-refractivity contribution is -0.113. The fraction of sp³-hybridized carbons (Fsp3) is 0.286. The Bertz CT molecular complexity index is 730. The van der Waals surface area contributed by atoms with Gasteiger partial charge in [0.05, 0.1) is 5.57 Å². The minimum atomic E-state index is -0.114. The van der Waals surface area contributed by atoms with Gasteiger partial charge >= 0.3 is 0 Å². The lowest BCUT2D eigenvalue weighted by atomic mass is 10.0. The second kappa shape index (κ2) is 8.34. The number of hydrogen-bond acceptors (Lipinski definition) is 2. The summed E-state index contributed by atoms with van der Waals surface area (Å²) in [7, 11) is 0. The minimum Gasteiger partial charge on any atom is -0.488 e. The maximum Gasteiger partial charge on any atom is 0.255 e. The van der Waals surface area contributed by atoms with Crippen LogP contribution in [0, 0.1) is 6.92 Å². The molecule has 0 aliphatic carbocycles. The van der Waals surface area contributed by atoms with E-state index in [1.807, 2.05) is 69.3 Å². The van der Waals surface area contributed by atoms with Crippen LogP contribution >= 0.6 is 0 Å². The van der Waals surface area contributed by atoms with Crippen LogP contribution in [0.1, 0.15) is 37.5 Å². The molecule has 1 aliphatic heterocycles. The minimum absolute atomic E-state index is 0.114. The van der Waals surface area contributed by atoms with E-state index in [2.05, 4.69) is 12.2 Å². The van der Waals surface area contributed by atoms with Gasteiger partial charge in [-0.3, -0.25) is 4.79 Å². The van der Waals surface area contributed by atoms with Crippen molar-refractivity contribution in [2.45, 2.75) is 34.1 Å². The third kappa shape index (κ3) is 4.25. The SMILES string of the molecule is CC.CCc1ccc(NC(=O)C2=Cc3cc(C)ccc3OC2)cc1. The van der Waals surface area contributed by atoms with Gasteiger partial charge in [-0.1, -0.05) is 44.5 Å². The second-order valence-electron chi connectivity index (χ2n) is 5.50. The number of rotatable bonds is 3. The molecule has 126 valence electrons. The highest BCUT2D eigenvalue weighted by molar-refractivity contribution is 6.07. The van der Waals surface area contributed by atoms with E-state index in [0.717, 1.165) is 29.0 Å². The summed E-state index contributed by atoms with van der Waals surface area (Å²) in [5.41, 5.74) is 4.80. The van der Waals surface area contributed by atoms with Gasteiger partial charge in [0.15, 0.2) is 0 Å². The first kappa shape index (κ1) is 17.8. The number of nitrogens with one attached hydrogen (secondary N) is 1. The lowest BCUT2D eigenvalue weighted by Gasteiger charge is -2.18. The Balaban J connectivity index is 0.00000100. The molecule has 0 unspecified atom stereocenters. The second-order valence-corrected chi connectivity index (χ2v) is 5.50. The number of benzene rings is 2. The van der Waals surface area contributed by atoms with Crippen LogP contribution in [0.25, 0.3) is 6.08 Å². The molecule has 0 radical (unpaired) electrons. The summed E-state index contributed by atoms with van der Waals surface area (Å²) in [5, 5.41) is 2.92. The quantitative estimate of drug-likeness (QED) is 0.863. The Morgan fingerprint density at radius 2 is 1.83 bits per heavy atom. The largest absolute Gasteiger partial charge is 0.488 e. The van der Waals surface area contributed by atoms with Gasteiger partial charge in [0.2, 0.25) is 0 Å². The lowest BCUT2D eigenvalue weighted by Crippen LogP contribution is -2.21. The molecule has 1 N–H and O–H groups in total. The zero-order chi connectivity index (χ0) is 17.5. The standard InChI is InChI=1S/C19H19NO2.C2H6/c1-3-14-5-7-17(8-6-14)20-19(21)16-11-15-10-13(2)4-9-18(15)22-12-16;1-2/h4-11H,3,12H2,1-2H3,(H,20,21);1-2H3. The molecule has 2 aromatic carbocycles. The molecule has 24 heavy (non-hydrogen) atoms. The van der Waals surface area contributed by atoms with E-state index in [1.54, 1.807) is 0 Å². The van der Waals surface area contributed by atoms with Crippen molar-refractivity contribution in [2.75, 3.05) is 11.9 Å². The Morgan fingerprint density at radius 1 is 1.12 bits per heavy atom. The molecule has 1 aliphatic rings. The summed E-state index contributed by atoms with van der Waals surface area (Å²) < 4.78 is 5.66. The monoisotopic (exact) mass is 323 g/mol. The molecular weight excluding hydrogens is 298 g/mol. The maximum atomic E-state index is 12.4. The van der Waals surface area contributed by atoms with Crippen LogP contribution in [0.5, 0.6) is 5.75 Å². The molecule has 0 atom stereocenters. The van der Waals surface area contributed by atoms with Crippen molar-refractivity contribution in [3.8, 4) is 5.75 Å². The Labute approximate surface area is 144 Å². The zero-order valence-electron chi connectivity index (χ0n) is 14.8. The third-order valence-corrected chi connectivity index (χ3v) is 3.79. The summed E-state index contributed by atoms with van der Waals surface area (Å²) in [6.45, 7) is 8.43. The van der Waals surface area contributed by atoms with Crippen molar-refractivity contribution in [2.24, 2.45) is 0 Å². The summed E-state index contributed by atoms with van der Waals surface area (Å²) >= 11 is 0. The van der Waals surface area contributed by atoms with E-state index < -0.39 is 0 Å². The van der Waals surface area contributed by atoms with Gasteiger partial charge in [0.25, 0.3) is 5.91 Å². The van der Waals surface area contributed by atoms with E-state index >= 15 is 0 Å². The molecule has 1 amide bonds. The first-order valence-electron chi connectivity index (χ1n) is 8.50. The molecule has 1 heterocycles. The highest BCUT2D eigenvalue weighted by Gasteiger charge is 2.17. The number of hydrogen-bond donors (Lipinski definition) is 1. The molecule has 0 spiro atoms. The highest BCUT2D eigenvalue weighted by atomic mass is 16.5. The van der Waals surface area contributed by atoms with E-state index in [0.29, 0.717) is 12.2 Å². The predicted octanol–water partition coefficient (Wildman–Crippen LogP) is 5.00. The molecule has 0 saturated carbocycles. The van der Waals surface area contributed by atoms with Crippen LogP contribution in [0.3, 0.4) is 0 Å². The van der Waals surface area contributed by atoms with Crippen LogP contribution in [-0.2, 0) is 11.2 Å². The fourth-order valence-corrected chi connectivity index (χ4v) is 2.46. The molecular formula is C21H25NO2. The van der Waals surface area contributed by atoms with Crippen molar-refractivity contribution in [3.63, 3.8) is 0 Å². The Hall–Kier alpha value is -2.55. The Kier molecular flexibility index (Phi) is 6.19. The van der Waals surface area contributed by atoms with Gasteiger partial charge in [-0.2, -0.15) is 0 Å². The van der Waals surface area contributed by atoms with Gasteiger partial charge in [0.1, 0.15) is 12.4 Å². The molecule has 3 rings (SSSR count). The number of carbonyl (C=O) groups is 1. The first-order valence-corrected chi connectivity index (χ1v) is 8.50. The fourth-order valence-electron chi connectivity index (χ4n) is 2.46. The number of carbonyl (C=O) groups excluding carboxylic acids is 1. The average molecular weight is 323 g/mol. The molecule has 0 aromatic heterocycles. The molecule has 0 bridgehead atoms. The Morgan fingerprint density at radius 3 is 2.50 bits per heavy atom. The van der Waals surface area contributed by atoms with Gasteiger partial charge in [-0.05, 0) is 49.2 Å². The average Bonchev–Trinajstić information content (AvgIpc) is 2.63. The van der Waals surface area contributed by atoms with Gasteiger partial charge < -0.3 is 10.1 Å². The zero-order valence-corrected chi connectivity index (χ0v) is 14.8. The number of amides is 1. The van der Waals surface area contributed by atoms with Gasteiger partial charge in [-0.15, -0.1) is 0 Å². The van der Waals surface area contributed by atoms with Crippen molar-refractivity contribution in [1.82, 2.24) is 0 Å². The van der Waals surface area contributed by atoms with Crippen LogP contribution in [-0.4, -0.2) is 12.5 Å². The van der Waals surface area contributed by atoms with Crippen LogP contribution in [0.4, 0.5) is 5.69 Å². The normalized spacial score (nSPS) is 12.1. The molecule has 0 fully saturated rings. The van der Waals surface area contributed by atoms with Crippen molar-refractivity contribution in [1.29, 1.82) is 0 Å².